The van der Waals surface area contributed by atoms with Crippen LogP contribution in [0.1, 0.15) is 6.92 Å². The van der Waals surface area contributed by atoms with E-state index in [0.29, 0.717) is 21.9 Å². The average Bonchev–Trinajstić information content (AvgIpc) is 2.31. The quantitative estimate of drug-likeness (QED) is 0.577. The van der Waals surface area contributed by atoms with Gasteiger partial charge in [0.25, 0.3) is 5.91 Å². The molecule has 0 bridgehead atoms. The van der Waals surface area contributed by atoms with Crippen LogP contribution in [0.4, 0.5) is 0 Å². The minimum absolute atomic E-state index is 0.339. The summed E-state index contributed by atoms with van der Waals surface area (Å²) in [6.45, 7) is 1.64. The van der Waals surface area contributed by atoms with Gasteiger partial charge in [0, 0.05) is 0 Å². The molecule has 0 radical (unpaired) electrons. The monoisotopic (exact) mass is 226 g/mol. The number of aliphatic imine (C=N–C) groups is 2. The molecule has 2 rings (SSSR count). The number of halogens is 1. The van der Waals surface area contributed by atoms with Gasteiger partial charge in [0.1, 0.15) is 16.0 Å². The molecule has 2 aliphatic heterocycles. The van der Waals surface area contributed by atoms with E-state index in [1.165, 1.54) is 0 Å². The molecule has 5 nitrogen and oxygen atoms in total. The normalized spacial score (nSPS) is 21.0. The molecule has 0 aromatic carbocycles. The molecular weight excluding hydrogens is 224 g/mol. The molecule has 0 spiro atoms. The molecule has 2 heterocycles. The average molecular weight is 227 g/mol. The van der Waals surface area contributed by atoms with Gasteiger partial charge in [-0.05, 0) is 22.9 Å². The number of carbonyl (C=O) groups is 1. The van der Waals surface area contributed by atoms with Crippen molar-refractivity contribution in [3.8, 4) is 0 Å². The summed E-state index contributed by atoms with van der Waals surface area (Å²) < 4.78 is 0.405. The predicted octanol–water partition coefficient (Wildman–Crippen LogP) is 1.42. The second kappa shape index (κ2) is 2.41. The summed E-state index contributed by atoms with van der Waals surface area (Å²) in [5.74, 6) is 0.425. The van der Waals surface area contributed by atoms with Gasteiger partial charge in [0.15, 0.2) is 5.84 Å². The summed E-state index contributed by atoms with van der Waals surface area (Å²) in [5.41, 5.74) is 0.348. The standard InChI is InChI=1S/C6H3BrN4O/c1-2-8-5-3(6(12)9-2)4(7)10-11-5/h1H3. The molecule has 1 amide bonds. The van der Waals surface area contributed by atoms with Gasteiger partial charge in [0.05, 0.1) is 0 Å². The minimum Gasteiger partial charge on any atom is -0.266 e. The molecule has 0 atom stereocenters. The molecule has 0 unspecified atom stereocenters. The van der Waals surface area contributed by atoms with E-state index in [1.54, 1.807) is 6.92 Å². The Morgan fingerprint density at radius 3 is 2.75 bits per heavy atom. The molecule has 0 saturated heterocycles. The largest absolute Gasteiger partial charge is 0.285 e. The third-order valence-corrected chi connectivity index (χ3v) is 1.96. The zero-order chi connectivity index (χ0) is 8.72. The lowest BCUT2D eigenvalue weighted by Crippen LogP contribution is -2.15. The highest BCUT2D eigenvalue weighted by atomic mass is 79.9. The molecule has 0 saturated carbocycles. The molecule has 0 aliphatic carbocycles. The Bertz CT molecular complexity index is 390. The Morgan fingerprint density at radius 1 is 1.25 bits per heavy atom. The van der Waals surface area contributed by atoms with Crippen LogP contribution in [0.25, 0.3) is 0 Å². The van der Waals surface area contributed by atoms with E-state index in [0.717, 1.165) is 0 Å². The highest BCUT2D eigenvalue weighted by Gasteiger charge is 2.27. The molecule has 0 aromatic heterocycles. The second-order valence-electron chi connectivity index (χ2n) is 2.27. The van der Waals surface area contributed by atoms with Gasteiger partial charge < -0.3 is 0 Å². The van der Waals surface area contributed by atoms with Gasteiger partial charge in [-0.1, -0.05) is 0 Å². The van der Waals surface area contributed by atoms with E-state index < -0.39 is 0 Å². The van der Waals surface area contributed by atoms with Gasteiger partial charge in [-0.15, -0.1) is 10.2 Å². The zero-order valence-electron chi connectivity index (χ0n) is 6.08. The SMILES string of the molecule is CC1=NC(=O)C2=C(Br)N=NC2=N1. The summed E-state index contributed by atoms with van der Waals surface area (Å²) in [5, 5.41) is 7.35. The van der Waals surface area contributed by atoms with Crippen LogP contribution in [0.15, 0.2) is 30.4 Å². The molecule has 0 N–H and O–H groups in total. The number of azo groups is 1. The fourth-order valence-electron chi connectivity index (χ4n) is 0.927. The van der Waals surface area contributed by atoms with Crippen molar-refractivity contribution < 1.29 is 4.79 Å². The molecule has 0 aromatic rings. The number of amidine groups is 2. The van der Waals surface area contributed by atoms with Crippen LogP contribution in [-0.4, -0.2) is 17.6 Å². The van der Waals surface area contributed by atoms with Gasteiger partial charge in [-0.25, -0.2) is 4.99 Å². The maximum Gasteiger partial charge on any atom is 0.285 e. The molecule has 12 heavy (non-hydrogen) atoms. The van der Waals surface area contributed by atoms with Crippen LogP contribution in [0.5, 0.6) is 0 Å². The number of rotatable bonds is 0. The first-order chi connectivity index (χ1) is 5.68. The molecular formula is C6H3BrN4O. The van der Waals surface area contributed by atoms with E-state index >= 15 is 0 Å². The van der Waals surface area contributed by atoms with Crippen LogP contribution in [-0.2, 0) is 4.79 Å². The summed E-state index contributed by atoms with van der Waals surface area (Å²) >= 11 is 3.09. The number of amides is 1. The molecule has 60 valence electrons. The van der Waals surface area contributed by atoms with E-state index in [4.69, 9.17) is 0 Å². The minimum atomic E-state index is -0.339. The van der Waals surface area contributed by atoms with Crippen molar-refractivity contribution in [1.29, 1.82) is 0 Å². The number of hydrogen-bond acceptors (Lipinski definition) is 4. The molecule has 0 fully saturated rings. The Morgan fingerprint density at radius 2 is 2.00 bits per heavy atom. The zero-order valence-corrected chi connectivity index (χ0v) is 7.66. The predicted molar refractivity (Wildman–Crippen MR) is 46.4 cm³/mol. The van der Waals surface area contributed by atoms with Gasteiger partial charge in [-0.3, -0.25) is 4.79 Å². The third kappa shape index (κ3) is 0.953. The molecule has 6 heteroatoms. The fraction of sp³-hybridized carbons (Fsp3) is 0.167. The summed E-state index contributed by atoms with van der Waals surface area (Å²) in [6, 6.07) is 0. The lowest BCUT2D eigenvalue weighted by molar-refractivity contribution is -0.113. The van der Waals surface area contributed by atoms with Crippen molar-refractivity contribution >= 4 is 33.5 Å². The maximum absolute atomic E-state index is 11.2. The highest BCUT2D eigenvalue weighted by molar-refractivity contribution is 9.11. The summed E-state index contributed by atoms with van der Waals surface area (Å²) in [6.07, 6.45) is 0. The highest BCUT2D eigenvalue weighted by Crippen LogP contribution is 2.25. The van der Waals surface area contributed by atoms with Crippen LogP contribution >= 0.6 is 15.9 Å². The first-order valence-electron chi connectivity index (χ1n) is 3.18. The summed E-state index contributed by atoms with van der Waals surface area (Å²) in [4.78, 5) is 18.8. The van der Waals surface area contributed by atoms with E-state index in [9.17, 15) is 4.79 Å². The number of nitrogens with zero attached hydrogens (tertiary/aromatic N) is 4. The third-order valence-electron chi connectivity index (χ3n) is 1.41. The smallest absolute Gasteiger partial charge is 0.266 e. The molecule has 2 aliphatic rings. The number of hydrogen-bond donors (Lipinski definition) is 0. The van der Waals surface area contributed by atoms with Crippen molar-refractivity contribution in [1.82, 2.24) is 0 Å². The number of fused-ring (bicyclic) bond motifs is 1. The maximum atomic E-state index is 11.2. The van der Waals surface area contributed by atoms with Crippen molar-refractivity contribution in [2.75, 3.05) is 0 Å². The lowest BCUT2D eigenvalue weighted by atomic mass is 10.2. The second-order valence-corrected chi connectivity index (χ2v) is 3.02. The number of carbonyl (C=O) groups excluding carboxylic acids is 1. The van der Waals surface area contributed by atoms with Crippen LogP contribution in [0.2, 0.25) is 0 Å². The van der Waals surface area contributed by atoms with Crippen molar-refractivity contribution in [2.24, 2.45) is 20.2 Å². The van der Waals surface area contributed by atoms with Gasteiger partial charge in [-0.2, -0.15) is 4.99 Å². The van der Waals surface area contributed by atoms with Gasteiger partial charge in [0.2, 0.25) is 0 Å². The van der Waals surface area contributed by atoms with E-state index in [-0.39, 0.29) is 5.91 Å². The van der Waals surface area contributed by atoms with E-state index in [1.807, 2.05) is 0 Å². The van der Waals surface area contributed by atoms with Crippen LogP contribution in [0, 0.1) is 0 Å². The van der Waals surface area contributed by atoms with Crippen molar-refractivity contribution in [3.05, 3.63) is 10.2 Å². The fourth-order valence-corrected chi connectivity index (χ4v) is 1.35. The van der Waals surface area contributed by atoms with Crippen molar-refractivity contribution in [2.45, 2.75) is 6.92 Å². The topological polar surface area (TPSA) is 66.5 Å². The van der Waals surface area contributed by atoms with Crippen molar-refractivity contribution in [3.63, 3.8) is 0 Å². The van der Waals surface area contributed by atoms with E-state index in [2.05, 4.69) is 36.1 Å². The Kier molecular flexibility index (Phi) is 1.50. The first kappa shape index (κ1) is 7.48. The van der Waals surface area contributed by atoms with Crippen LogP contribution < -0.4 is 0 Å². The Labute approximate surface area is 76.1 Å². The first-order valence-corrected chi connectivity index (χ1v) is 3.98. The summed E-state index contributed by atoms with van der Waals surface area (Å²) in [7, 11) is 0. The van der Waals surface area contributed by atoms with Gasteiger partial charge >= 0.3 is 0 Å². The Hall–Kier alpha value is -1.17. The Balaban J connectivity index is 2.59. The van der Waals surface area contributed by atoms with Crippen LogP contribution in [0.3, 0.4) is 0 Å². The lowest BCUT2D eigenvalue weighted by Gasteiger charge is -2.02.